The van der Waals surface area contributed by atoms with E-state index < -0.39 is 40.0 Å². The normalized spacial score (nSPS) is 16.2. The fourth-order valence-corrected chi connectivity index (χ4v) is 5.67. The minimum Gasteiger partial charge on any atom is -0.467 e. The Morgan fingerprint density at radius 3 is 2.16 bits per heavy atom. The van der Waals surface area contributed by atoms with Crippen molar-refractivity contribution < 1.29 is 27.5 Å². The zero-order valence-electron chi connectivity index (χ0n) is 24.5. The maximum atomic E-state index is 13.5. The van der Waals surface area contributed by atoms with Crippen LogP contribution < -0.4 is 4.72 Å². The van der Waals surface area contributed by atoms with Crippen LogP contribution in [0.15, 0.2) is 93.9 Å². The smallest absolute Gasteiger partial charge is 0.331 e. The van der Waals surface area contributed by atoms with Crippen molar-refractivity contribution in [2.45, 2.75) is 49.6 Å². The lowest BCUT2D eigenvalue weighted by atomic mass is 9.91. The van der Waals surface area contributed by atoms with Crippen molar-refractivity contribution in [3.05, 3.63) is 100 Å². The van der Waals surface area contributed by atoms with Gasteiger partial charge in [-0.2, -0.15) is 5.10 Å². The van der Waals surface area contributed by atoms with E-state index in [0.717, 1.165) is 18.2 Å². The first-order chi connectivity index (χ1) is 20.8. The summed E-state index contributed by atoms with van der Waals surface area (Å²) in [6.45, 7) is 5.22. The minimum atomic E-state index is -4.25. The van der Waals surface area contributed by atoms with Gasteiger partial charge >= 0.3 is 11.9 Å². The number of hydrogen-bond donors (Lipinski definition) is 1. The molecule has 0 saturated carbocycles. The van der Waals surface area contributed by atoms with Crippen molar-refractivity contribution in [3.63, 3.8) is 0 Å². The highest BCUT2D eigenvalue weighted by Gasteiger charge is 2.35. The largest absolute Gasteiger partial charge is 0.467 e. The second kappa shape index (κ2) is 13.8. The van der Waals surface area contributed by atoms with E-state index in [1.165, 1.54) is 29.3 Å². The van der Waals surface area contributed by atoms with Gasteiger partial charge in [-0.15, -0.1) is 0 Å². The number of nitrogens with one attached hydrogen (secondary N) is 1. The van der Waals surface area contributed by atoms with Gasteiger partial charge in [0.05, 0.1) is 30.7 Å². The number of halogens is 2. The molecule has 0 bridgehead atoms. The molecule has 0 amide bonds. The molecule has 4 rings (SSSR count). The number of benzene rings is 3. The molecule has 0 aliphatic carbocycles. The van der Waals surface area contributed by atoms with Crippen LogP contribution in [0.5, 0.6) is 0 Å². The Morgan fingerprint density at radius 1 is 1.00 bits per heavy atom. The highest BCUT2D eigenvalue weighted by atomic mass is 35.5. The Balaban J connectivity index is 1.82. The van der Waals surface area contributed by atoms with Crippen LogP contribution in [0, 0.1) is 0 Å². The number of carbonyl (C=O) groups excluding carboxylic acids is 2. The van der Waals surface area contributed by atoms with E-state index in [-0.39, 0.29) is 23.3 Å². The van der Waals surface area contributed by atoms with E-state index in [9.17, 15) is 18.0 Å². The zero-order chi connectivity index (χ0) is 32.1. The molecule has 2 unspecified atom stereocenters. The summed E-state index contributed by atoms with van der Waals surface area (Å²) >= 11 is 12.1. The molecule has 232 valence electrons. The van der Waals surface area contributed by atoms with Crippen molar-refractivity contribution >= 4 is 56.8 Å². The van der Waals surface area contributed by atoms with E-state index in [4.69, 9.17) is 37.8 Å². The molecule has 3 aromatic carbocycles. The lowest BCUT2D eigenvalue weighted by Gasteiger charge is -2.23. The maximum Gasteiger partial charge on any atom is 0.331 e. The molecule has 2 atom stereocenters. The van der Waals surface area contributed by atoms with Crippen molar-refractivity contribution in [1.82, 2.24) is 9.73 Å². The van der Waals surface area contributed by atoms with E-state index in [1.807, 2.05) is 42.5 Å². The van der Waals surface area contributed by atoms with Gasteiger partial charge in [-0.3, -0.25) is 4.79 Å². The number of methoxy groups -OCH3 is 1. The van der Waals surface area contributed by atoms with Gasteiger partial charge in [-0.25, -0.2) is 27.9 Å². The fraction of sp³-hybridized carbons (Fsp3) is 0.290. The first-order valence-corrected chi connectivity index (χ1v) is 15.8. The van der Waals surface area contributed by atoms with Crippen molar-refractivity contribution in [2.24, 2.45) is 10.1 Å². The Bertz CT molecular complexity index is 1660. The summed E-state index contributed by atoms with van der Waals surface area (Å²) < 4.78 is 39.9. The molecule has 1 heterocycles. The average molecular weight is 660 g/mol. The predicted octanol–water partition coefficient (Wildman–Crippen LogP) is 5.40. The van der Waals surface area contributed by atoms with Crippen molar-refractivity contribution in [3.8, 4) is 0 Å². The number of ether oxygens (including phenoxy) is 2. The third-order valence-corrected chi connectivity index (χ3v) is 8.23. The monoisotopic (exact) mass is 658 g/mol. The number of rotatable bonds is 8. The van der Waals surface area contributed by atoms with Crippen molar-refractivity contribution in [1.29, 1.82) is 0 Å². The summed E-state index contributed by atoms with van der Waals surface area (Å²) in [5.41, 5.74) is 1.47. The van der Waals surface area contributed by atoms with Gasteiger partial charge in [-0.05, 0) is 68.3 Å². The standard InChI is InChI=1S/C31H32Cl2N4O6S/c1-31(2,3)43-27(38)18-26(29(39)42-4)34-30(36-44(40,41)24-16-14-23(33)15-17-24)37-19-25(20-8-6-5-7-9-20)28(35-37)21-10-12-22(32)13-11-21/h5-17,25-26H,18-19H2,1-4H3,(H,34,36). The van der Waals surface area contributed by atoms with Crippen LogP contribution in [-0.4, -0.2) is 62.3 Å². The number of aliphatic imine (C=N–C) groups is 1. The Hall–Kier alpha value is -3.93. The molecular formula is C31H32Cl2N4O6S. The third-order valence-electron chi connectivity index (χ3n) is 6.38. The first-order valence-electron chi connectivity index (χ1n) is 13.6. The number of hydrogen-bond acceptors (Lipinski definition) is 8. The topological polar surface area (TPSA) is 127 Å². The minimum absolute atomic E-state index is 0.0999. The molecule has 1 aliphatic rings. The molecule has 1 N–H and O–H groups in total. The summed E-state index contributed by atoms with van der Waals surface area (Å²) in [7, 11) is -3.11. The van der Waals surface area contributed by atoms with Gasteiger partial charge < -0.3 is 9.47 Å². The fourth-order valence-electron chi connectivity index (χ4n) is 4.41. The van der Waals surface area contributed by atoms with Gasteiger partial charge in [0.2, 0.25) is 5.96 Å². The molecule has 0 fully saturated rings. The van der Waals surface area contributed by atoms with Crippen LogP contribution >= 0.6 is 23.2 Å². The highest BCUT2D eigenvalue weighted by Crippen LogP contribution is 2.30. The quantitative estimate of drug-likeness (QED) is 0.195. The van der Waals surface area contributed by atoms with Gasteiger partial charge in [0.15, 0.2) is 6.04 Å². The number of nitrogens with zero attached hydrogens (tertiary/aromatic N) is 3. The third kappa shape index (κ3) is 8.58. The van der Waals surface area contributed by atoms with E-state index in [1.54, 1.807) is 32.9 Å². The second-order valence-electron chi connectivity index (χ2n) is 10.9. The van der Waals surface area contributed by atoms with Gasteiger partial charge in [0.25, 0.3) is 10.0 Å². The van der Waals surface area contributed by atoms with Gasteiger partial charge in [-0.1, -0.05) is 65.7 Å². The molecular weight excluding hydrogens is 627 g/mol. The van der Waals surface area contributed by atoms with Crippen LogP contribution in [0.3, 0.4) is 0 Å². The highest BCUT2D eigenvalue weighted by molar-refractivity contribution is 7.90. The molecule has 0 aromatic heterocycles. The molecule has 0 saturated heterocycles. The predicted molar refractivity (Wildman–Crippen MR) is 169 cm³/mol. The molecule has 3 aromatic rings. The Labute approximate surface area is 266 Å². The first kappa shape index (κ1) is 33.0. The van der Waals surface area contributed by atoms with E-state index >= 15 is 0 Å². The lowest BCUT2D eigenvalue weighted by molar-refractivity contribution is -0.158. The number of sulfonamides is 1. The number of esters is 2. The maximum absolute atomic E-state index is 13.5. The van der Waals surface area contributed by atoms with E-state index in [0.29, 0.717) is 15.8 Å². The molecule has 1 aliphatic heterocycles. The van der Waals surface area contributed by atoms with Crippen LogP contribution in [0.2, 0.25) is 10.0 Å². The summed E-state index contributed by atoms with van der Waals surface area (Å²) in [5.74, 6) is -2.18. The second-order valence-corrected chi connectivity index (χ2v) is 13.4. The average Bonchev–Trinajstić information content (AvgIpc) is 3.41. The molecule has 0 spiro atoms. The van der Waals surface area contributed by atoms with Gasteiger partial charge in [0.1, 0.15) is 5.60 Å². The molecule has 44 heavy (non-hydrogen) atoms. The number of hydrazone groups is 1. The molecule has 13 heteroatoms. The van der Waals surface area contributed by atoms with Crippen molar-refractivity contribution in [2.75, 3.05) is 13.7 Å². The van der Waals surface area contributed by atoms with Crippen LogP contribution in [0.25, 0.3) is 0 Å². The van der Waals surface area contributed by atoms with Gasteiger partial charge in [0, 0.05) is 16.0 Å². The Morgan fingerprint density at radius 2 is 1.59 bits per heavy atom. The lowest BCUT2D eigenvalue weighted by Crippen LogP contribution is -2.43. The van der Waals surface area contributed by atoms with E-state index in [2.05, 4.69) is 9.71 Å². The summed E-state index contributed by atoms with van der Waals surface area (Å²) in [5, 5.41) is 7.03. The zero-order valence-corrected chi connectivity index (χ0v) is 26.9. The summed E-state index contributed by atoms with van der Waals surface area (Å²) in [6, 6.07) is 20.7. The molecule has 0 radical (unpaired) electrons. The summed E-state index contributed by atoms with van der Waals surface area (Å²) in [4.78, 5) is 29.9. The Kier molecular flexibility index (Phi) is 10.3. The summed E-state index contributed by atoms with van der Waals surface area (Å²) in [6.07, 6.45) is -0.500. The number of carbonyl (C=O) groups is 2. The molecule has 10 nitrogen and oxygen atoms in total. The SMILES string of the molecule is COC(=O)C(CC(=O)OC(C)(C)C)N=C(NS(=O)(=O)c1ccc(Cl)cc1)N1CC(c2ccccc2)C(c2ccc(Cl)cc2)=N1. The van der Waals surface area contributed by atoms with Crippen LogP contribution in [0.4, 0.5) is 0 Å². The van der Waals surface area contributed by atoms with Crippen LogP contribution in [0.1, 0.15) is 44.2 Å². The number of guanidine groups is 1. The van der Waals surface area contributed by atoms with Crippen LogP contribution in [-0.2, 0) is 29.1 Å².